The molecule has 5 nitrogen and oxygen atoms in total. The molecule has 0 fully saturated rings. The number of fused-ring (bicyclic) bond motifs is 1. The van der Waals surface area contributed by atoms with Gasteiger partial charge in [-0.1, -0.05) is 12.1 Å². The molecule has 0 amide bonds. The van der Waals surface area contributed by atoms with Crippen molar-refractivity contribution in [1.82, 2.24) is 4.98 Å². The highest BCUT2D eigenvalue weighted by molar-refractivity contribution is 6.03. The van der Waals surface area contributed by atoms with Gasteiger partial charge in [0.15, 0.2) is 5.88 Å². The topological polar surface area (TPSA) is 66.8 Å². The highest BCUT2D eigenvalue weighted by atomic mass is 16.5. The van der Waals surface area contributed by atoms with Gasteiger partial charge < -0.3 is 19.6 Å². The predicted molar refractivity (Wildman–Crippen MR) is 96.0 cm³/mol. The molecule has 0 spiro atoms. The molecule has 0 atom stereocenters. The number of benzene rings is 2. The summed E-state index contributed by atoms with van der Waals surface area (Å²) in [4.78, 5) is 7.44. The number of methoxy groups -OCH3 is 1. The minimum absolute atomic E-state index is 0.0621. The second-order valence-corrected chi connectivity index (χ2v) is 5.69. The van der Waals surface area contributed by atoms with Crippen LogP contribution in [0.3, 0.4) is 0 Å². The fraction of sp³-hybridized carbons (Fsp3) is 0.211. The Bertz CT molecular complexity index is 881. The Morgan fingerprint density at radius 1 is 1.17 bits per heavy atom. The number of nitrogens with zero attached hydrogens (tertiary/aromatic N) is 1. The Morgan fingerprint density at radius 2 is 1.96 bits per heavy atom. The van der Waals surface area contributed by atoms with Crippen LogP contribution in [0, 0.1) is 0 Å². The Kier molecular flexibility index (Phi) is 4.42. The molecule has 3 rings (SSSR count). The molecule has 0 aliphatic rings. The molecule has 124 valence electrons. The van der Waals surface area contributed by atoms with Gasteiger partial charge in [-0.05, 0) is 44.2 Å². The largest absolute Gasteiger partial charge is 0.497 e. The smallest absolute Gasteiger partial charge is 0.198 e. The zero-order chi connectivity index (χ0) is 17.1. The number of nitrogens with one attached hydrogen (secondary N) is 1. The van der Waals surface area contributed by atoms with Gasteiger partial charge in [0.2, 0.25) is 0 Å². The second kappa shape index (κ2) is 6.66. The number of hydrogen-bond acceptors (Lipinski definition) is 4. The molecule has 0 saturated heterocycles. The first-order valence-corrected chi connectivity index (χ1v) is 7.77. The minimum atomic E-state index is 0.0621. The third-order valence-electron chi connectivity index (χ3n) is 3.59. The van der Waals surface area contributed by atoms with E-state index in [9.17, 15) is 5.11 Å². The summed E-state index contributed by atoms with van der Waals surface area (Å²) >= 11 is 0. The van der Waals surface area contributed by atoms with Gasteiger partial charge in [0, 0.05) is 17.1 Å². The summed E-state index contributed by atoms with van der Waals surface area (Å²) in [6.45, 7) is 3.94. The molecular formula is C19H20N2O3. The number of aromatic hydroxyl groups is 1. The van der Waals surface area contributed by atoms with Crippen LogP contribution in [-0.4, -0.2) is 29.5 Å². The molecule has 0 saturated carbocycles. The van der Waals surface area contributed by atoms with Crippen molar-refractivity contribution in [2.24, 2.45) is 4.99 Å². The molecule has 5 heteroatoms. The van der Waals surface area contributed by atoms with Gasteiger partial charge in [0.1, 0.15) is 17.2 Å². The van der Waals surface area contributed by atoms with Crippen LogP contribution in [0.5, 0.6) is 17.4 Å². The average Bonchev–Trinajstić information content (AvgIpc) is 2.88. The van der Waals surface area contributed by atoms with Gasteiger partial charge in [-0.15, -0.1) is 0 Å². The van der Waals surface area contributed by atoms with Gasteiger partial charge in [-0.2, -0.15) is 0 Å². The van der Waals surface area contributed by atoms with E-state index >= 15 is 0 Å². The number of rotatable bonds is 5. The summed E-state index contributed by atoms with van der Waals surface area (Å²) in [7, 11) is 1.61. The highest BCUT2D eigenvalue weighted by Crippen LogP contribution is 2.31. The number of ether oxygens (including phenoxy) is 2. The highest BCUT2D eigenvalue weighted by Gasteiger charge is 2.10. The van der Waals surface area contributed by atoms with E-state index in [1.807, 2.05) is 56.3 Å². The van der Waals surface area contributed by atoms with E-state index in [-0.39, 0.29) is 12.0 Å². The molecule has 0 bridgehead atoms. The van der Waals surface area contributed by atoms with E-state index in [2.05, 4.69) is 9.98 Å². The van der Waals surface area contributed by atoms with Crippen molar-refractivity contribution in [2.75, 3.05) is 7.11 Å². The first-order chi connectivity index (χ1) is 11.6. The second-order valence-electron chi connectivity index (χ2n) is 5.69. The summed E-state index contributed by atoms with van der Waals surface area (Å²) in [6.07, 6.45) is 1.70. The van der Waals surface area contributed by atoms with E-state index in [0.29, 0.717) is 17.0 Å². The lowest BCUT2D eigenvalue weighted by molar-refractivity contribution is 0.243. The van der Waals surface area contributed by atoms with Crippen LogP contribution >= 0.6 is 0 Å². The number of aromatic nitrogens is 1. The molecule has 2 aromatic carbocycles. The number of aliphatic imine (C=N–C) groups is 1. The molecule has 0 aliphatic heterocycles. The predicted octanol–water partition coefficient (Wildman–Crippen LogP) is 4.42. The van der Waals surface area contributed by atoms with Crippen LogP contribution < -0.4 is 9.47 Å². The van der Waals surface area contributed by atoms with E-state index in [4.69, 9.17) is 9.47 Å². The summed E-state index contributed by atoms with van der Waals surface area (Å²) in [5.74, 6) is 1.50. The third kappa shape index (κ3) is 3.20. The molecule has 2 N–H and O–H groups in total. The van der Waals surface area contributed by atoms with Crippen LogP contribution in [0.15, 0.2) is 47.5 Å². The lowest BCUT2D eigenvalue weighted by atomic mass is 10.1. The van der Waals surface area contributed by atoms with Gasteiger partial charge >= 0.3 is 0 Å². The maximum atomic E-state index is 10.2. The summed E-state index contributed by atoms with van der Waals surface area (Å²) in [5.41, 5.74) is 2.15. The maximum absolute atomic E-state index is 10.2. The normalized spacial score (nSPS) is 11.5. The molecule has 1 heterocycles. The van der Waals surface area contributed by atoms with Crippen molar-refractivity contribution >= 4 is 22.8 Å². The van der Waals surface area contributed by atoms with Crippen LogP contribution in [-0.2, 0) is 0 Å². The van der Waals surface area contributed by atoms with E-state index in [1.165, 1.54) is 0 Å². The van der Waals surface area contributed by atoms with E-state index < -0.39 is 0 Å². The molecule has 0 aliphatic carbocycles. The Hall–Kier alpha value is -2.95. The third-order valence-corrected chi connectivity index (χ3v) is 3.59. The monoisotopic (exact) mass is 324 g/mol. The van der Waals surface area contributed by atoms with Crippen molar-refractivity contribution in [2.45, 2.75) is 20.0 Å². The number of para-hydroxylation sites is 2. The average molecular weight is 324 g/mol. The fourth-order valence-corrected chi connectivity index (χ4v) is 2.49. The van der Waals surface area contributed by atoms with Crippen LogP contribution in [0.4, 0.5) is 5.69 Å². The Morgan fingerprint density at radius 3 is 2.71 bits per heavy atom. The quantitative estimate of drug-likeness (QED) is 0.683. The molecule has 0 unspecified atom stereocenters. The first-order valence-electron chi connectivity index (χ1n) is 7.77. The summed E-state index contributed by atoms with van der Waals surface area (Å²) in [5, 5.41) is 11.0. The number of H-pyrrole nitrogens is 1. The van der Waals surface area contributed by atoms with Crippen LogP contribution in [0.1, 0.15) is 19.4 Å². The zero-order valence-corrected chi connectivity index (χ0v) is 13.9. The molecule has 0 radical (unpaired) electrons. The number of aromatic amines is 1. The number of hydrogen-bond donors (Lipinski definition) is 2. The standard InChI is InChI=1S/C19H20N2O3/c1-12(2)24-18-7-5-4-6-17(18)20-11-15-14-10-13(23-3)8-9-16(14)21-19(15)22/h4-12,21-22H,1-3H3. The molecule has 24 heavy (non-hydrogen) atoms. The van der Waals surface area contributed by atoms with E-state index in [1.54, 1.807) is 13.3 Å². The zero-order valence-electron chi connectivity index (χ0n) is 13.9. The van der Waals surface area contributed by atoms with Gasteiger partial charge in [-0.25, -0.2) is 0 Å². The molecule has 3 aromatic rings. The lowest BCUT2D eigenvalue weighted by Crippen LogP contribution is -2.05. The van der Waals surface area contributed by atoms with Crippen LogP contribution in [0.25, 0.3) is 10.9 Å². The van der Waals surface area contributed by atoms with E-state index in [0.717, 1.165) is 16.7 Å². The van der Waals surface area contributed by atoms with Gasteiger partial charge in [0.25, 0.3) is 0 Å². The molecule has 1 aromatic heterocycles. The van der Waals surface area contributed by atoms with Gasteiger partial charge in [-0.3, -0.25) is 4.99 Å². The van der Waals surface area contributed by atoms with Crippen molar-refractivity contribution in [1.29, 1.82) is 0 Å². The molecular weight excluding hydrogens is 304 g/mol. The fourth-order valence-electron chi connectivity index (χ4n) is 2.49. The van der Waals surface area contributed by atoms with Gasteiger partial charge in [0.05, 0.1) is 18.8 Å². The van der Waals surface area contributed by atoms with Crippen molar-refractivity contribution in [3.63, 3.8) is 0 Å². The van der Waals surface area contributed by atoms with Crippen molar-refractivity contribution in [3.05, 3.63) is 48.0 Å². The minimum Gasteiger partial charge on any atom is -0.497 e. The first kappa shape index (κ1) is 15.9. The van der Waals surface area contributed by atoms with Crippen molar-refractivity contribution < 1.29 is 14.6 Å². The Balaban J connectivity index is 2.01. The SMILES string of the molecule is COc1ccc2[nH]c(O)c(C=Nc3ccccc3OC(C)C)c2c1. The maximum Gasteiger partial charge on any atom is 0.198 e. The summed E-state index contributed by atoms with van der Waals surface area (Å²) < 4.78 is 11.0. The lowest BCUT2D eigenvalue weighted by Gasteiger charge is -2.11. The van der Waals surface area contributed by atoms with Crippen LogP contribution in [0.2, 0.25) is 0 Å². The Labute approximate surface area is 140 Å². The summed E-state index contributed by atoms with van der Waals surface area (Å²) in [6, 6.07) is 13.1. The van der Waals surface area contributed by atoms with Crippen molar-refractivity contribution in [3.8, 4) is 17.4 Å².